The molecule has 3 aromatic rings. The van der Waals surface area contributed by atoms with Gasteiger partial charge >= 0.3 is 0 Å². The number of nitrogens with zero attached hydrogens (tertiary/aromatic N) is 6. The van der Waals surface area contributed by atoms with E-state index >= 15 is 0 Å². The number of carbonyl (C=O) groups excluding carboxylic acids is 1. The number of amides is 1. The Labute approximate surface area is 199 Å². The Morgan fingerprint density at radius 2 is 1.55 bits per heavy atom. The molecule has 33 heavy (non-hydrogen) atoms. The third-order valence-electron chi connectivity index (χ3n) is 7.02. The van der Waals surface area contributed by atoms with E-state index < -0.39 is 5.41 Å². The first kappa shape index (κ1) is 21.9. The van der Waals surface area contributed by atoms with E-state index in [4.69, 9.17) is 11.6 Å². The molecule has 7 nitrogen and oxygen atoms in total. The van der Waals surface area contributed by atoms with Crippen molar-refractivity contribution >= 4 is 23.3 Å². The quantitative estimate of drug-likeness (QED) is 0.581. The third-order valence-corrected chi connectivity index (χ3v) is 7.27. The molecule has 5 rings (SSSR count). The van der Waals surface area contributed by atoms with Gasteiger partial charge in [-0.2, -0.15) is 5.10 Å². The van der Waals surface area contributed by atoms with Crippen LogP contribution in [0.4, 0.5) is 5.82 Å². The lowest BCUT2D eigenvalue weighted by molar-refractivity contribution is -0.137. The number of halogens is 1. The summed E-state index contributed by atoms with van der Waals surface area (Å²) < 4.78 is 1.81. The zero-order valence-electron chi connectivity index (χ0n) is 19.2. The smallest absolute Gasteiger partial charge is 0.233 e. The predicted molar refractivity (Wildman–Crippen MR) is 129 cm³/mol. The largest absolute Gasteiger partial charge is 0.352 e. The fourth-order valence-electron chi connectivity index (χ4n) is 5.28. The van der Waals surface area contributed by atoms with E-state index in [1.807, 2.05) is 61.2 Å². The Hall–Kier alpha value is -2.93. The molecule has 0 bridgehead atoms. The van der Waals surface area contributed by atoms with Crippen LogP contribution in [-0.2, 0) is 10.2 Å². The van der Waals surface area contributed by atoms with Gasteiger partial charge in [-0.05, 0) is 62.6 Å². The summed E-state index contributed by atoms with van der Waals surface area (Å²) in [4.78, 5) is 18.0. The number of piperazine rings is 1. The van der Waals surface area contributed by atoms with Gasteiger partial charge < -0.3 is 9.80 Å². The van der Waals surface area contributed by atoms with Crippen LogP contribution in [0.3, 0.4) is 0 Å². The summed E-state index contributed by atoms with van der Waals surface area (Å²) >= 11 is 6.10. The number of anilines is 1. The predicted octanol–water partition coefficient (Wildman–Crippen LogP) is 4.09. The fourth-order valence-corrected chi connectivity index (χ4v) is 5.40. The van der Waals surface area contributed by atoms with Crippen LogP contribution < -0.4 is 4.90 Å². The zero-order chi connectivity index (χ0) is 23.0. The van der Waals surface area contributed by atoms with Crippen molar-refractivity contribution in [2.24, 2.45) is 0 Å². The lowest BCUT2D eigenvalue weighted by atomic mass is 9.77. The van der Waals surface area contributed by atoms with Gasteiger partial charge in [0.1, 0.15) is 0 Å². The number of carbonyl (C=O) groups is 1. The van der Waals surface area contributed by atoms with Crippen molar-refractivity contribution in [3.8, 4) is 5.82 Å². The molecule has 1 aromatic carbocycles. The molecule has 1 aliphatic heterocycles. The first-order valence-electron chi connectivity index (χ1n) is 11.6. The Bertz CT molecular complexity index is 1130. The average molecular weight is 465 g/mol. The summed E-state index contributed by atoms with van der Waals surface area (Å²) in [6, 6.07) is 13.8. The number of aryl methyl sites for hydroxylation is 2. The molecule has 172 valence electrons. The molecular formula is C25H29ClN6O. The van der Waals surface area contributed by atoms with E-state index in [0.717, 1.165) is 61.5 Å². The topological polar surface area (TPSA) is 67.2 Å². The van der Waals surface area contributed by atoms with Crippen molar-refractivity contribution in [2.45, 2.75) is 44.9 Å². The van der Waals surface area contributed by atoms with E-state index in [9.17, 15) is 4.79 Å². The maximum atomic E-state index is 13.7. The molecule has 0 unspecified atom stereocenters. The summed E-state index contributed by atoms with van der Waals surface area (Å²) in [6.07, 6.45) is 4.00. The highest BCUT2D eigenvalue weighted by Crippen LogP contribution is 2.43. The van der Waals surface area contributed by atoms with Gasteiger partial charge in [0.2, 0.25) is 5.91 Å². The van der Waals surface area contributed by atoms with E-state index in [-0.39, 0.29) is 5.91 Å². The molecule has 1 saturated carbocycles. The highest BCUT2D eigenvalue weighted by Gasteiger charge is 2.45. The fraction of sp³-hybridized carbons (Fsp3) is 0.440. The van der Waals surface area contributed by atoms with Crippen LogP contribution in [0, 0.1) is 13.8 Å². The third kappa shape index (κ3) is 4.10. The van der Waals surface area contributed by atoms with Crippen molar-refractivity contribution in [2.75, 3.05) is 31.1 Å². The minimum atomic E-state index is -0.409. The van der Waals surface area contributed by atoms with Gasteiger partial charge in [-0.15, -0.1) is 10.2 Å². The minimum absolute atomic E-state index is 0.257. The molecule has 0 spiro atoms. The lowest BCUT2D eigenvalue weighted by Gasteiger charge is -2.40. The minimum Gasteiger partial charge on any atom is -0.352 e. The van der Waals surface area contributed by atoms with Gasteiger partial charge in [0.15, 0.2) is 11.6 Å². The monoisotopic (exact) mass is 464 g/mol. The standard InChI is InChI=1S/C25H29ClN6O/c1-18-17-19(2)32(29-18)23-10-9-22(27-28-23)30-13-15-31(16-14-30)24(33)25(11-3-4-12-25)20-5-7-21(26)8-6-20/h5-10,17H,3-4,11-16H2,1-2H3. The first-order valence-corrected chi connectivity index (χ1v) is 12.0. The van der Waals surface area contributed by atoms with Gasteiger partial charge in [0.05, 0.1) is 11.1 Å². The van der Waals surface area contributed by atoms with Crippen LogP contribution in [0.1, 0.15) is 42.6 Å². The number of hydrogen-bond donors (Lipinski definition) is 0. The zero-order valence-corrected chi connectivity index (χ0v) is 19.9. The molecule has 2 aliphatic rings. The molecule has 0 radical (unpaired) electrons. The molecule has 0 N–H and O–H groups in total. The molecule has 1 aliphatic carbocycles. The second-order valence-electron chi connectivity index (χ2n) is 9.16. The van der Waals surface area contributed by atoms with E-state index in [2.05, 4.69) is 20.2 Å². The number of rotatable bonds is 4. The molecule has 1 saturated heterocycles. The SMILES string of the molecule is Cc1cc(C)n(-c2ccc(N3CCN(C(=O)C4(c5ccc(Cl)cc5)CCCC4)CC3)nn2)n1. The maximum Gasteiger partial charge on any atom is 0.233 e. The molecular weight excluding hydrogens is 436 g/mol. The van der Waals surface area contributed by atoms with Crippen LogP contribution in [0.5, 0.6) is 0 Å². The maximum absolute atomic E-state index is 13.7. The van der Waals surface area contributed by atoms with E-state index in [1.165, 1.54) is 0 Å². The summed E-state index contributed by atoms with van der Waals surface area (Å²) in [6.45, 7) is 6.85. The van der Waals surface area contributed by atoms with Gasteiger partial charge in [-0.1, -0.05) is 36.6 Å². The Kier molecular flexibility index (Phi) is 5.83. The van der Waals surface area contributed by atoms with Crippen molar-refractivity contribution in [1.82, 2.24) is 24.9 Å². The normalized spacial score (nSPS) is 18.0. The van der Waals surface area contributed by atoms with Gasteiger partial charge in [-0.3, -0.25) is 4.79 Å². The molecule has 0 atom stereocenters. The summed E-state index contributed by atoms with van der Waals surface area (Å²) in [5, 5.41) is 14.0. The van der Waals surface area contributed by atoms with E-state index in [1.54, 1.807) is 4.68 Å². The van der Waals surface area contributed by atoms with Gasteiger partial charge in [0, 0.05) is 36.9 Å². The summed E-state index contributed by atoms with van der Waals surface area (Å²) in [7, 11) is 0. The lowest BCUT2D eigenvalue weighted by Crippen LogP contribution is -2.54. The van der Waals surface area contributed by atoms with Crippen LogP contribution in [0.25, 0.3) is 5.82 Å². The first-order chi connectivity index (χ1) is 16.0. The number of hydrogen-bond acceptors (Lipinski definition) is 5. The van der Waals surface area contributed by atoms with Gasteiger partial charge in [0.25, 0.3) is 0 Å². The Morgan fingerprint density at radius 1 is 0.909 bits per heavy atom. The molecule has 1 amide bonds. The van der Waals surface area contributed by atoms with Gasteiger partial charge in [-0.25, -0.2) is 4.68 Å². The number of benzene rings is 1. The van der Waals surface area contributed by atoms with Crippen molar-refractivity contribution < 1.29 is 4.79 Å². The van der Waals surface area contributed by atoms with E-state index in [0.29, 0.717) is 23.9 Å². The Balaban J connectivity index is 1.27. The average Bonchev–Trinajstić information content (AvgIpc) is 3.46. The molecule has 8 heteroatoms. The highest BCUT2D eigenvalue weighted by atomic mass is 35.5. The van der Waals surface area contributed by atoms with Crippen molar-refractivity contribution in [3.05, 3.63) is 64.4 Å². The second kappa shape index (κ2) is 8.78. The van der Waals surface area contributed by atoms with Crippen molar-refractivity contribution in [3.63, 3.8) is 0 Å². The molecule has 2 fully saturated rings. The van der Waals surface area contributed by atoms with Crippen molar-refractivity contribution in [1.29, 1.82) is 0 Å². The molecule has 3 heterocycles. The van der Waals surface area contributed by atoms with Crippen LogP contribution >= 0.6 is 11.6 Å². The van der Waals surface area contributed by atoms with Crippen LogP contribution in [0.15, 0.2) is 42.5 Å². The van der Waals surface area contributed by atoms with Crippen LogP contribution in [-0.4, -0.2) is 57.0 Å². The van der Waals surface area contributed by atoms with Crippen LogP contribution in [0.2, 0.25) is 5.02 Å². The molecule has 2 aromatic heterocycles. The summed E-state index contributed by atoms with van der Waals surface area (Å²) in [5.74, 6) is 1.80. The summed E-state index contributed by atoms with van der Waals surface area (Å²) in [5.41, 5.74) is 2.68. The Morgan fingerprint density at radius 3 is 2.12 bits per heavy atom. The second-order valence-corrected chi connectivity index (χ2v) is 9.60. The number of aromatic nitrogens is 4. The highest BCUT2D eigenvalue weighted by molar-refractivity contribution is 6.30.